The first-order chi connectivity index (χ1) is 15.6. The lowest BCUT2D eigenvalue weighted by molar-refractivity contribution is -0.0208. The smallest absolute Gasteiger partial charge is 0.275 e. The maximum absolute atomic E-state index is 9.57. The zero-order valence-corrected chi connectivity index (χ0v) is 18.1. The van der Waals surface area contributed by atoms with Crippen LogP contribution in [0.3, 0.4) is 0 Å². The van der Waals surface area contributed by atoms with E-state index >= 15 is 0 Å². The van der Waals surface area contributed by atoms with E-state index < -0.39 is 0 Å². The molecule has 2 aromatic heterocycles. The summed E-state index contributed by atoms with van der Waals surface area (Å²) in [5.74, 6) is 1.07. The topological polar surface area (TPSA) is 108 Å². The number of likely N-dealkylation sites (N-methyl/N-ethyl adjacent to an activating group) is 1. The highest BCUT2D eigenvalue weighted by Crippen LogP contribution is 2.36. The fourth-order valence-corrected chi connectivity index (χ4v) is 3.92. The number of aromatic nitrogens is 4. The van der Waals surface area contributed by atoms with Crippen molar-refractivity contribution in [1.82, 2.24) is 24.5 Å². The molecule has 1 saturated carbocycles. The maximum Gasteiger partial charge on any atom is 0.275 e. The van der Waals surface area contributed by atoms with Crippen molar-refractivity contribution in [3.05, 3.63) is 45.9 Å². The molecule has 1 aromatic carbocycles. The van der Waals surface area contributed by atoms with E-state index in [4.69, 9.17) is 22.9 Å². The number of imidazole rings is 1. The van der Waals surface area contributed by atoms with Gasteiger partial charge >= 0.3 is 0 Å². The van der Waals surface area contributed by atoms with Crippen molar-refractivity contribution in [2.24, 2.45) is 0 Å². The van der Waals surface area contributed by atoms with Crippen LogP contribution in [0.5, 0.6) is 0 Å². The molecular weight excluding hydrogens is 430 g/mol. The van der Waals surface area contributed by atoms with Crippen LogP contribution in [0.25, 0.3) is 10.5 Å². The van der Waals surface area contributed by atoms with Gasteiger partial charge in [0.2, 0.25) is 0 Å². The number of ether oxygens (including phenoxy) is 1. The van der Waals surface area contributed by atoms with Crippen LogP contribution in [0.1, 0.15) is 30.1 Å². The molecule has 32 heavy (non-hydrogen) atoms. The van der Waals surface area contributed by atoms with Crippen LogP contribution in [-0.2, 0) is 4.74 Å². The van der Waals surface area contributed by atoms with Gasteiger partial charge in [-0.05, 0) is 32.0 Å². The Balaban J connectivity index is 1.55. The minimum absolute atomic E-state index is 0.243. The third kappa shape index (κ3) is 3.92. The summed E-state index contributed by atoms with van der Waals surface area (Å²) >= 11 is 6.75. The third-order valence-electron chi connectivity index (χ3n) is 5.47. The van der Waals surface area contributed by atoms with E-state index in [1.54, 1.807) is 12.1 Å². The number of rotatable bonds is 5. The number of nitriles is 1. The Kier molecular flexibility index (Phi) is 5.27. The molecule has 3 heterocycles. The van der Waals surface area contributed by atoms with Gasteiger partial charge < -0.3 is 25.1 Å². The number of fused-ring (bicyclic) bond motifs is 1. The maximum atomic E-state index is 9.57. The first-order valence-corrected chi connectivity index (χ1v) is 10.6. The Morgan fingerprint density at radius 1 is 1.38 bits per heavy atom. The lowest BCUT2D eigenvalue weighted by Crippen LogP contribution is -2.35. The molecule has 0 radical (unpaired) electrons. The van der Waals surface area contributed by atoms with E-state index in [0.29, 0.717) is 46.9 Å². The molecule has 162 valence electrons. The Morgan fingerprint density at radius 3 is 2.94 bits per heavy atom. The van der Waals surface area contributed by atoms with Crippen molar-refractivity contribution in [2.45, 2.75) is 25.0 Å². The van der Waals surface area contributed by atoms with Crippen molar-refractivity contribution in [1.29, 1.82) is 5.26 Å². The second kappa shape index (κ2) is 8.24. The number of hydrogen-bond acceptors (Lipinski definition) is 8. The molecule has 2 fully saturated rings. The van der Waals surface area contributed by atoms with Gasteiger partial charge in [-0.15, -0.1) is 4.52 Å². The van der Waals surface area contributed by atoms with Crippen LogP contribution >= 0.6 is 11.6 Å². The molecule has 0 bridgehead atoms. The molecule has 5 rings (SSSR count). The molecule has 1 atom stereocenters. The first-order valence-electron chi connectivity index (χ1n) is 10.3. The van der Waals surface area contributed by atoms with E-state index in [1.807, 2.05) is 7.05 Å². The number of morpholine rings is 1. The summed E-state index contributed by atoms with van der Waals surface area (Å²) in [7, 11) is 2.02. The summed E-state index contributed by atoms with van der Waals surface area (Å²) in [6.45, 7) is 9.50. The lowest BCUT2D eigenvalue weighted by atomic mass is 10.0. The van der Waals surface area contributed by atoms with Crippen LogP contribution in [0, 0.1) is 17.9 Å². The van der Waals surface area contributed by atoms with E-state index in [1.165, 1.54) is 10.7 Å². The van der Waals surface area contributed by atoms with Gasteiger partial charge in [-0.25, -0.2) is 4.98 Å². The first kappa shape index (κ1) is 20.5. The van der Waals surface area contributed by atoms with Gasteiger partial charge in [-0.1, -0.05) is 23.3 Å². The number of hydrogen-bond donors (Lipinski definition) is 2. The molecule has 11 heteroatoms. The quantitative estimate of drug-likeness (QED) is 0.569. The Hall–Kier alpha value is -3.44. The second-order valence-electron chi connectivity index (χ2n) is 7.95. The molecule has 1 aliphatic carbocycles. The van der Waals surface area contributed by atoms with Gasteiger partial charge in [0.25, 0.3) is 17.4 Å². The molecule has 2 N–H and O–H groups in total. The van der Waals surface area contributed by atoms with Crippen molar-refractivity contribution < 1.29 is 4.74 Å². The monoisotopic (exact) mass is 449 g/mol. The summed E-state index contributed by atoms with van der Waals surface area (Å²) in [5.41, 5.74) is 2.18. The lowest BCUT2D eigenvalue weighted by Gasteiger charge is -2.31. The summed E-state index contributed by atoms with van der Waals surface area (Å²) in [6.07, 6.45) is 3.35. The standard InChI is InChI=1S/C21H20ClN9O/c1-24-17-10-25-20-19(26-13-3-4-13)28-21(29-31(17)20)27-15-8-12(9-23)7-14(18(15)22)16-11-30(2)5-6-32-16/h7-8,10,13,16H,3-6,11H2,2H3,(H2,26,27,28,29). The summed E-state index contributed by atoms with van der Waals surface area (Å²) in [4.78, 5) is 14.5. The van der Waals surface area contributed by atoms with E-state index in [0.717, 1.165) is 24.9 Å². The normalized spacial score (nSPS) is 18.8. The number of nitrogens with one attached hydrogen (secondary N) is 2. The predicted octanol–water partition coefficient (Wildman–Crippen LogP) is 3.52. The van der Waals surface area contributed by atoms with Crippen LogP contribution < -0.4 is 10.6 Å². The Morgan fingerprint density at radius 2 is 2.22 bits per heavy atom. The fourth-order valence-electron chi connectivity index (χ4n) is 3.64. The fraction of sp³-hybridized carbons (Fsp3) is 0.381. The minimum Gasteiger partial charge on any atom is -0.371 e. The highest BCUT2D eigenvalue weighted by molar-refractivity contribution is 6.34. The SMILES string of the molecule is [C-]#[N+]c1cnc2c(NC3CC3)nc(Nc3cc(C#N)cc(C4CN(C)CCO4)c3Cl)nn12. The van der Waals surface area contributed by atoms with Crippen LogP contribution in [0.15, 0.2) is 18.3 Å². The number of benzene rings is 1. The van der Waals surface area contributed by atoms with Gasteiger partial charge in [-0.2, -0.15) is 10.2 Å². The van der Waals surface area contributed by atoms with Crippen molar-refractivity contribution in [2.75, 3.05) is 37.4 Å². The molecule has 1 unspecified atom stereocenters. The second-order valence-corrected chi connectivity index (χ2v) is 8.33. The van der Waals surface area contributed by atoms with E-state index in [-0.39, 0.29) is 17.9 Å². The molecule has 3 aromatic rings. The molecule has 0 spiro atoms. The van der Waals surface area contributed by atoms with Crippen LogP contribution in [0.4, 0.5) is 23.3 Å². The Bertz CT molecular complexity index is 1270. The number of nitrogens with zero attached hydrogens (tertiary/aromatic N) is 7. The van der Waals surface area contributed by atoms with Gasteiger partial charge in [0, 0.05) is 24.7 Å². The molecule has 1 aliphatic heterocycles. The predicted molar refractivity (Wildman–Crippen MR) is 119 cm³/mol. The third-order valence-corrected chi connectivity index (χ3v) is 5.89. The van der Waals surface area contributed by atoms with E-state index in [9.17, 15) is 5.26 Å². The van der Waals surface area contributed by atoms with Crippen molar-refractivity contribution in [3.8, 4) is 6.07 Å². The van der Waals surface area contributed by atoms with Crippen molar-refractivity contribution in [3.63, 3.8) is 0 Å². The molecule has 10 nitrogen and oxygen atoms in total. The molecule has 2 aliphatic rings. The van der Waals surface area contributed by atoms with E-state index in [2.05, 4.69) is 41.5 Å². The molecule has 1 saturated heterocycles. The molecular formula is C21H20ClN9O. The van der Waals surface area contributed by atoms with Gasteiger partial charge in [0.05, 0.1) is 41.3 Å². The van der Waals surface area contributed by atoms with Crippen LogP contribution in [-0.4, -0.2) is 57.3 Å². The van der Waals surface area contributed by atoms with Gasteiger partial charge in [0.1, 0.15) is 0 Å². The van der Waals surface area contributed by atoms with Crippen LogP contribution in [0.2, 0.25) is 5.02 Å². The number of halogens is 1. The van der Waals surface area contributed by atoms with Gasteiger partial charge in [0.15, 0.2) is 5.82 Å². The summed E-state index contributed by atoms with van der Waals surface area (Å²) in [6, 6.07) is 5.94. The number of anilines is 3. The average Bonchev–Trinajstić information content (AvgIpc) is 3.51. The average molecular weight is 450 g/mol. The molecule has 0 amide bonds. The highest BCUT2D eigenvalue weighted by atomic mass is 35.5. The highest BCUT2D eigenvalue weighted by Gasteiger charge is 2.27. The zero-order valence-electron chi connectivity index (χ0n) is 17.3. The zero-order chi connectivity index (χ0) is 22.2. The summed E-state index contributed by atoms with van der Waals surface area (Å²) < 4.78 is 7.37. The summed E-state index contributed by atoms with van der Waals surface area (Å²) in [5, 5.41) is 20.9. The van der Waals surface area contributed by atoms with Gasteiger partial charge in [-0.3, -0.25) is 0 Å². The Labute approximate surface area is 189 Å². The largest absolute Gasteiger partial charge is 0.371 e. The van der Waals surface area contributed by atoms with Crippen molar-refractivity contribution >= 4 is 40.5 Å². The minimum atomic E-state index is -0.243.